The second-order valence-electron chi connectivity index (χ2n) is 7.20. The number of methoxy groups -OCH3 is 2. The van der Waals surface area contributed by atoms with E-state index in [1.54, 1.807) is 50.3 Å². The average Bonchev–Trinajstić information content (AvgIpc) is 3.17. The molecule has 0 saturated heterocycles. The SMILES string of the molecule is CCOC(=O)c1c(NC(=O)/C=C/c2ccc(OC)c(OC)c2)sc(C)c1-c1ccc([N+](=O)[O-])cc1. The Morgan fingerprint density at radius 1 is 1.09 bits per heavy atom. The van der Waals surface area contributed by atoms with E-state index in [2.05, 4.69) is 5.32 Å². The molecule has 10 heteroatoms. The first-order valence-corrected chi connectivity index (χ1v) is 11.4. The molecular formula is C25H24N2O7S. The van der Waals surface area contributed by atoms with Gasteiger partial charge in [0.15, 0.2) is 11.5 Å². The lowest BCUT2D eigenvalue weighted by atomic mass is 10.0. The quantitative estimate of drug-likeness (QED) is 0.180. The van der Waals surface area contributed by atoms with E-state index in [1.165, 1.54) is 43.8 Å². The summed E-state index contributed by atoms with van der Waals surface area (Å²) in [5.41, 5.74) is 2.03. The van der Waals surface area contributed by atoms with Crippen LogP contribution in [0.4, 0.5) is 10.7 Å². The number of esters is 1. The molecule has 1 amide bonds. The molecule has 35 heavy (non-hydrogen) atoms. The first-order chi connectivity index (χ1) is 16.8. The molecule has 0 aliphatic carbocycles. The van der Waals surface area contributed by atoms with Crippen molar-refractivity contribution < 1.29 is 28.7 Å². The van der Waals surface area contributed by atoms with E-state index >= 15 is 0 Å². The minimum atomic E-state index is -0.593. The van der Waals surface area contributed by atoms with Crippen molar-refractivity contribution in [2.24, 2.45) is 0 Å². The van der Waals surface area contributed by atoms with Crippen LogP contribution in [0.25, 0.3) is 17.2 Å². The van der Waals surface area contributed by atoms with E-state index in [1.807, 2.05) is 0 Å². The Kier molecular flexibility index (Phi) is 8.21. The van der Waals surface area contributed by atoms with Crippen molar-refractivity contribution in [3.05, 3.63) is 74.7 Å². The molecule has 0 radical (unpaired) electrons. The number of amides is 1. The molecule has 1 heterocycles. The van der Waals surface area contributed by atoms with E-state index in [4.69, 9.17) is 14.2 Å². The van der Waals surface area contributed by atoms with E-state index in [0.29, 0.717) is 27.6 Å². The van der Waals surface area contributed by atoms with Gasteiger partial charge in [-0.2, -0.15) is 0 Å². The van der Waals surface area contributed by atoms with Gasteiger partial charge >= 0.3 is 5.97 Å². The van der Waals surface area contributed by atoms with Crippen molar-refractivity contribution in [3.63, 3.8) is 0 Å². The molecule has 0 aliphatic rings. The van der Waals surface area contributed by atoms with Crippen LogP contribution < -0.4 is 14.8 Å². The number of rotatable bonds is 9. The average molecular weight is 497 g/mol. The Bertz CT molecular complexity index is 1280. The lowest BCUT2D eigenvalue weighted by Crippen LogP contribution is -2.12. The maximum absolute atomic E-state index is 12.8. The molecule has 0 spiro atoms. The fraction of sp³-hybridized carbons (Fsp3) is 0.200. The van der Waals surface area contributed by atoms with Crippen molar-refractivity contribution >= 4 is 40.0 Å². The predicted molar refractivity (Wildman–Crippen MR) is 134 cm³/mol. The van der Waals surface area contributed by atoms with Crippen LogP contribution in [0, 0.1) is 17.0 Å². The first kappa shape index (κ1) is 25.4. The number of carbonyl (C=O) groups is 2. The van der Waals surface area contributed by atoms with E-state index in [0.717, 1.165) is 10.4 Å². The fourth-order valence-corrected chi connectivity index (χ4v) is 4.48. The normalized spacial score (nSPS) is 10.7. The standard InChI is InChI=1S/C25H24N2O7S/c1-5-34-25(29)23-22(17-8-10-18(11-9-17)27(30)31)15(2)35-24(23)26-21(28)13-7-16-6-12-19(32-3)20(14-16)33-4/h6-14H,5H2,1-4H3,(H,26,28)/b13-7+. The number of hydrogen-bond donors (Lipinski definition) is 1. The van der Waals surface area contributed by atoms with Crippen LogP contribution in [0.5, 0.6) is 11.5 Å². The number of nitro benzene ring substituents is 1. The fourth-order valence-electron chi connectivity index (χ4n) is 3.41. The topological polar surface area (TPSA) is 117 Å². The molecule has 0 fully saturated rings. The Morgan fingerprint density at radius 2 is 1.77 bits per heavy atom. The molecule has 1 N–H and O–H groups in total. The summed E-state index contributed by atoms with van der Waals surface area (Å²) in [4.78, 5) is 36.8. The predicted octanol–water partition coefficient (Wildman–Crippen LogP) is 5.48. The number of ether oxygens (including phenoxy) is 3. The third kappa shape index (κ3) is 5.85. The van der Waals surface area contributed by atoms with Gasteiger partial charge in [0.25, 0.3) is 5.69 Å². The van der Waals surface area contributed by atoms with Gasteiger partial charge in [0, 0.05) is 28.6 Å². The van der Waals surface area contributed by atoms with Gasteiger partial charge < -0.3 is 19.5 Å². The maximum atomic E-state index is 12.8. The smallest absolute Gasteiger partial charge is 0.341 e. The zero-order valence-electron chi connectivity index (χ0n) is 19.6. The summed E-state index contributed by atoms with van der Waals surface area (Å²) in [5.74, 6) is 0.0634. The van der Waals surface area contributed by atoms with Crippen LogP contribution in [0.2, 0.25) is 0 Å². The number of non-ortho nitro benzene ring substituents is 1. The van der Waals surface area contributed by atoms with Crippen LogP contribution in [0.3, 0.4) is 0 Å². The van der Waals surface area contributed by atoms with Crippen molar-refractivity contribution in [2.45, 2.75) is 13.8 Å². The largest absolute Gasteiger partial charge is 0.493 e. The molecule has 0 unspecified atom stereocenters. The highest BCUT2D eigenvalue weighted by atomic mass is 32.1. The van der Waals surface area contributed by atoms with E-state index < -0.39 is 16.8 Å². The van der Waals surface area contributed by atoms with Crippen molar-refractivity contribution in [1.82, 2.24) is 0 Å². The number of aryl methyl sites for hydroxylation is 1. The number of nitro groups is 1. The van der Waals surface area contributed by atoms with Gasteiger partial charge in [-0.3, -0.25) is 14.9 Å². The number of nitrogens with one attached hydrogen (secondary N) is 1. The number of anilines is 1. The molecule has 0 bridgehead atoms. The van der Waals surface area contributed by atoms with E-state index in [9.17, 15) is 19.7 Å². The summed E-state index contributed by atoms with van der Waals surface area (Å²) in [6.45, 7) is 3.64. The molecule has 0 atom stereocenters. The Labute approximate surface area is 206 Å². The summed E-state index contributed by atoms with van der Waals surface area (Å²) in [5, 5.41) is 14.1. The third-order valence-corrected chi connectivity index (χ3v) is 6.02. The van der Waals surface area contributed by atoms with Crippen LogP contribution in [-0.4, -0.2) is 37.6 Å². The Hall–Kier alpha value is -4.18. The minimum Gasteiger partial charge on any atom is -0.493 e. The zero-order chi connectivity index (χ0) is 25.5. The highest BCUT2D eigenvalue weighted by molar-refractivity contribution is 7.17. The third-order valence-electron chi connectivity index (χ3n) is 5.00. The van der Waals surface area contributed by atoms with Gasteiger partial charge in [-0.1, -0.05) is 6.07 Å². The number of nitrogens with zero attached hydrogens (tertiary/aromatic N) is 1. The van der Waals surface area contributed by atoms with Gasteiger partial charge in [0.2, 0.25) is 5.91 Å². The molecule has 2 aromatic carbocycles. The van der Waals surface area contributed by atoms with Crippen LogP contribution in [0.1, 0.15) is 27.7 Å². The number of hydrogen-bond acceptors (Lipinski definition) is 8. The first-order valence-electron chi connectivity index (χ1n) is 10.5. The monoisotopic (exact) mass is 496 g/mol. The number of thiophene rings is 1. The van der Waals surface area contributed by atoms with Crippen LogP contribution in [-0.2, 0) is 9.53 Å². The lowest BCUT2D eigenvalue weighted by molar-refractivity contribution is -0.384. The number of benzene rings is 2. The minimum absolute atomic E-state index is 0.0619. The molecule has 3 rings (SSSR count). The Morgan fingerprint density at radius 3 is 2.37 bits per heavy atom. The van der Waals surface area contributed by atoms with Gasteiger partial charge in [-0.15, -0.1) is 11.3 Å². The molecule has 9 nitrogen and oxygen atoms in total. The van der Waals surface area contributed by atoms with E-state index in [-0.39, 0.29) is 17.9 Å². The van der Waals surface area contributed by atoms with Gasteiger partial charge in [-0.05, 0) is 55.3 Å². The zero-order valence-corrected chi connectivity index (χ0v) is 20.4. The summed E-state index contributed by atoms with van der Waals surface area (Å²) in [6, 6.07) is 11.1. The summed E-state index contributed by atoms with van der Waals surface area (Å²) >= 11 is 1.22. The maximum Gasteiger partial charge on any atom is 0.341 e. The molecule has 1 aromatic heterocycles. The molecule has 3 aromatic rings. The van der Waals surface area contributed by atoms with Gasteiger partial charge in [-0.25, -0.2) is 4.79 Å². The summed E-state index contributed by atoms with van der Waals surface area (Å²) < 4.78 is 15.7. The molecular weight excluding hydrogens is 472 g/mol. The highest BCUT2D eigenvalue weighted by Gasteiger charge is 2.25. The Balaban J connectivity index is 1.92. The molecule has 182 valence electrons. The number of carbonyl (C=O) groups excluding carboxylic acids is 2. The van der Waals surface area contributed by atoms with Gasteiger partial charge in [0.1, 0.15) is 10.6 Å². The lowest BCUT2D eigenvalue weighted by Gasteiger charge is -2.09. The van der Waals surface area contributed by atoms with Gasteiger partial charge in [0.05, 0.1) is 25.7 Å². The van der Waals surface area contributed by atoms with Crippen molar-refractivity contribution in [3.8, 4) is 22.6 Å². The van der Waals surface area contributed by atoms with Crippen LogP contribution >= 0.6 is 11.3 Å². The van der Waals surface area contributed by atoms with Crippen LogP contribution in [0.15, 0.2) is 48.5 Å². The second kappa shape index (κ2) is 11.3. The highest BCUT2D eigenvalue weighted by Crippen LogP contribution is 2.41. The summed E-state index contributed by atoms with van der Waals surface area (Å²) in [6.07, 6.45) is 2.95. The van der Waals surface area contributed by atoms with Crippen molar-refractivity contribution in [2.75, 3.05) is 26.1 Å². The van der Waals surface area contributed by atoms with Crippen molar-refractivity contribution in [1.29, 1.82) is 0 Å². The second-order valence-corrected chi connectivity index (χ2v) is 8.42. The molecule has 0 aliphatic heterocycles. The summed E-state index contributed by atoms with van der Waals surface area (Å²) in [7, 11) is 3.06. The molecule has 0 saturated carbocycles.